The van der Waals surface area contributed by atoms with Crippen LogP contribution in [-0.2, 0) is 11.2 Å². The second-order valence-corrected chi connectivity index (χ2v) is 7.32. The zero-order chi connectivity index (χ0) is 19.1. The summed E-state index contributed by atoms with van der Waals surface area (Å²) in [6, 6.07) is 3.89. The summed E-state index contributed by atoms with van der Waals surface area (Å²) in [6.07, 6.45) is 12.4. The molecule has 3 rings (SSSR count). The molecule has 6 heteroatoms. The van der Waals surface area contributed by atoms with Crippen molar-refractivity contribution in [2.75, 3.05) is 0 Å². The number of rotatable bonds is 5. The Labute approximate surface area is 159 Å². The number of nitrogens with one attached hydrogen (secondary N) is 2. The molecule has 0 bridgehead atoms. The Morgan fingerprint density at radius 3 is 2.48 bits per heavy atom. The van der Waals surface area contributed by atoms with E-state index < -0.39 is 0 Å². The van der Waals surface area contributed by atoms with E-state index in [-0.39, 0.29) is 17.5 Å². The molecule has 0 radical (unpaired) electrons. The van der Waals surface area contributed by atoms with Crippen LogP contribution in [0.15, 0.2) is 29.3 Å². The van der Waals surface area contributed by atoms with Crippen LogP contribution < -0.4 is 10.9 Å². The van der Waals surface area contributed by atoms with Crippen LogP contribution in [0, 0.1) is 6.92 Å². The van der Waals surface area contributed by atoms with Crippen molar-refractivity contribution in [3.8, 4) is 11.4 Å². The summed E-state index contributed by atoms with van der Waals surface area (Å²) in [5.41, 5.74) is 1.90. The molecule has 1 fully saturated rings. The van der Waals surface area contributed by atoms with Crippen molar-refractivity contribution in [1.29, 1.82) is 0 Å². The minimum atomic E-state index is -0.173. The van der Waals surface area contributed by atoms with E-state index in [4.69, 9.17) is 0 Å². The van der Waals surface area contributed by atoms with Crippen LogP contribution in [0.25, 0.3) is 11.4 Å². The fraction of sp³-hybridized carbons (Fsp3) is 0.524. The van der Waals surface area contributed by atoms with E-state index in [9.17, 15) is 9.59 Å². The molecule has 1 aliphatic carbocycles. The number of amides is 1. The lowest BCUT2D eigenvalue weighted by molar-refractivity contribution is -0.121. The lowest BCUT2D eigenvalue weighted by Crippen LogP contribution is -2.35. The maximum atomic E-state index is 12.5. The highest BCUT2D eigenvalue weighted by atomic mass is 16.1. The van der Waals surface area contributed by atoms with Crippen LogP contribution >= 0.6 is 0 Å². The average molecular weight is 368 g/mol. The Kier molecular flexibility index (Phi) is 6.74. The van der Waals surface area contributed by atoms with Gasteiger partial charge in [0, 0.05) is 41.7 Å². The van der Waals surface area contributed by atoms with E-state index in [1.54, 1.807) is 24.5 Å². The molecule has 27 heavy (non-hydrogen) atoms. The quantitative estimate of drug-likeness (QED) is 0.847. The Morgan fingerprint density at radius 1 is 1.15 bits per heavy atom. The van der Waals surface area contributed by atoms with Crippen molar-refractivity contribution in [1.82, 2.24) is 20.3 Å². The topological polar surface area (TPSA) is 87.7 Å². The summed E-state index contributed by atoms with van der Waals surface area (Å²) in [6.45, 7) is 1.82. The van der Waals surface area contributed by atoms with Gasteiger partial charge in [-0.25, -0.2) is 4.98 Å². The number of nitrogens with zero attached hydrogens (tertiary/aromatic N) is 2. The molecular weight excluding hydrogens is 340 g/mol. The zero-order valence-corrected chi connectivity index (χ0v) is 16.0. The number of hydrogen-bond donors (Lipinski definition) is 2. The number of aromatic amines is 1. The molecule has 2 N–H and O–H groups in total. The van der Waals surface area contributed by atoms with Crippen LogP contribution in [0.4, 0.5) is 0 Å². The number of aromatic nitrogens is 3. The van der Waals surface area contributed by atoms with Gasteiger partial charge in [-0.15, -0.1) is 0 Å². The van der Waals surface area contributed by atoms with Crippen molar-refractivity contribution < 1.29 is 4.79 Å². The maximum absolute atomic E-state index is 12.5. The molecule has 1 saturated carbocycles. The molecule has 6 nitrogen and oxygen atoms in total. The Morgan fingerprint density at radius 2 is 1.81 bits per heavy atom. The van der Waals surface area contributed by atoms with E-state index in [2.05, 4.69) is 20.3 Å². The average Bonchev–Trinajstić information content (AvgIpc) is 2.64. The molecule has 0 spiro atoms. The molecule has 0 aromatic carbocycles. The highest BCUT2D eigenvalue weighted by molar-refractivity contribution is 5.76. The Hall–Kier alpha value is -2.50. The molecule has 2 heterocycles. The number of H-pyrrole nitrogens is 1. The summed E-state index contributed by atoms with van der Waals surface area (Å²) >= 11 is 0. The third-order valence-corrected chi connectivity index (χ3v) is 5.25. The smallest absolute Gasteiger partial charge is 0.254 e. The van der Waals surface area contributed by atoms with Gasteiger partial charge in [0.2, 0.25) is 5.91 Å². The van der Waals surface area contributed by atoms with Gasteiger partial charge in [-0.3, -0.25) is 14.6 Å². The predicted octanol–water partition coefficient (Wildman–Crippen LogP) is 3.30. The van der Waals surface area contributed by atoms with Crippen molar-refractivity contribution in [2.45, 2.75) is 70.8 Å². The third kappa shape index (κ3) is 5.49. The largest absolute Gasteiger partial charge is 0.353 e. The fourth-order valence-electron chi connectivity index (χ4n) is 3.69. The van der Waals surface area contributed by atoms with Gasteiger partial charge in [0.25, 0.3) is 5.56 Å². The molecule has 0 unspecified atom stereocenters. The summed E-state index contributed by atoms with van der Waals surface area (Å²) in [5, 5.41) is 3.15. The minimum absolute atomic E-state index is 0.0255. The summed E-state index contributed by atoms with van der Waals surface area (Å²) in [4.78, 5) is 36.1. The van der Waals surface area contributed by atoms with Gasteiger partial charge in [-0.05, 0) is 38.3 Å². The molecule has 0 aliphatic heterocycles. The van der Waals surface area contributed by atoms with Crippen LogP contribution in [-0.4, -0.2) is 26.9 Å². The lowest BCUT2D eigenvalue weighted by Gasteiger charge is -2.21. The number of carbonyl (C=O) groups excluding carboxylic acids is 1. The van der Waals surface area contributed by atoms with Gasteiger partial charge in [0.15, 0.2) is 0 Å². The van der Waals surface area contributed by atoms with E-state index in [1.807, 2.05) is 6.92 Å². The van der Waals surface area contributed by atoms with Crippen molar-refractivity contribution in [2.24, 2.45) is 0 Å². The second kappa shape index (κ2) is 9.44. The van der Waals surface area contributed by atoms with Crippen molar-refractivity contribution >= 4 is 5.91 Å². The first-order valence-corrected chi connectivity index (χ1v) is 9.93. The second-order valence-electron chi connectivity index (χ2n) is 7.32. The van der Waals surface area contributed by atoms with Crippen LogP contribution in [0.5, 0.6) is 0 Å². The van der Waals surface area contributed by atoms with E-state index >= 15 is 0 Å². The van der Waals surface area contributed by atoms with Gasteiger partial charge in [0.1, 0.15) is 5.82 Å². The summed E-state index contributed by atoms with van der Waals surface area (Å²) in [5.74, 6) is 0.556. The molecule has 1 amide bonds. The van der Waals surface area contributed by atoms with E-state index in [0.717, 1.165) is 18.4 Å². The molecule has 2 aromatic rings. The summed E-state index contributed by atoms with van der Waals surface area (Å²) < 4.78 is 0. The molecule has 0 saturated heterocycles. The zero-order valence-electron chi connectivity index (χ0n) is 16.0. The molecule has 0 atom stereocenters. The van der Waals surface area contributed by atoms with Crippen molar-refractivity contribution in [3.63, 3.8) is 0 Å². The normalized spacial score (nSPS) is 15.7. The van der Waals surface area contributed by atoms with Gasteiger partial charge in [-0.2, -0.15) is 0 Å². The van der Waals surface area contributed by atoms with E-state index in [0.29, 0.717) is 29.9 Å². The standard InChI is InChI=1S/C21H28N4O2/c1-15-18(21(27)25-20(23-15)16-11-13-22-14-12-16)9-10-19(26)24-17-7-5-3-2-4-6-8-17/h11-14,17H,2-10H2,1H3,(H,24,26)(H,23,25,27). The molecular formula is C21H28N4O2. The predicted molar refractivity (Wildman–Crippen MR) is 105 cm³/mol. The first-order chi connectivity index (χ1) is 13.1. The molecule has 1 aliphatic rings. The molecule has 144 valence electrons. The summed E-state index contributed by atoms with van der Waals surface area (Å²) in [7, 11) is 0. The van der Waals surface area contributed by atoms with Gasteiger partial charge in [-0.1, -0.05) is 32.1 Å². The SMILES string of the molecule is Cc1nc(-c2ccncc2)[nH]c(=O)c1CCC(=O)NC1CCCCCCC1. The number of carbonyl (C=O) groups is 1. The van der Waals surface area contributed by atoms with Crippen molar-refractivity contribution in [3.05, 3.63) is 46.1 Å². The Bertz CT molecular complexity index is 809. The van der Waals surface area contributed by atoms with Crippen LogP contribution in [0.3, 0.4) is 0 Å². The number of hydrogen-bond acceptors (Lipinski definition) is 4. The van der Waals surface area contributed by atoms with E-state index in [1.165, 1.54) is 32.1 Å². The Balaban J connectivity index is 1.60. The van der Waals surface area contributed by atoms with Gasteiger partial charge < -0.3 is 10.3 Å². The number of pyridine rings is 1. The fourth-order valence-corrected chi connectivity index (χ4v) is 3.69. The third-order valence-electron chi connectivity index (χ3n) is 5.25. The highest BCUT2D eigenvalue weighted by Crippen LogP contribution is 2.17. The van der Waals surface area contributed by atoms with Gasteiger partial charge in [0.05, 0.1) is 0 Å². The highest BCUT2D eigenvalue weighted by Gasteiger charge is 2.16. The van der Waals surface area contributed by atoms with Crippen LogP contribution in [0.2, 0.25) is 0 Å². The monoisotopic (exact) mass is 368 g/mol. The van der Waals surface area contributed by atoms with Crippen LogP contribution in [0.1, 0.15) is 62.6 Å². The van der Waals surface area contributed by atoms with Gasteiger partial charge >= 0.3 is 0 Å². The lowest BCUT2D eigenvalue weighted by atomic mass is 9.96. The number of aryl methyl sites for hydroxylation is 1. The molecule has 2 aromatic heterocycles. The first-order valence-electron chi connectivity index (χ1n) is 9.93. The maximum Gasteiger partial charge on any atom is 0.254 e. The minimum Gasteiger partial charge on any atom is -0.353 e. The first kappa shape index (κ1) is 19.3.